The largest absolute Gasteiger partial charge is 0.496 e. The molecule has 0 aliphatic rings. The summed E-state index contributed by atoms with van der Waals surface area (Å²) in [6, 6.07) is 9.09. The Morgan fingerprint density at radius 1 is 1.10 bits per heavy atom. The number of halogens is 1. The number of hydrogen-bond donors (Lipinski definition) is 1. The first-order chi connectivity index (χ1) is 10.2. The first kappa shape index (κ1) is 13.6. The molecule has 2 N–H and O–H groups in total. The van der Waals surface area contributed by atoms with Gasteiger partial charge in [0.2, 0.25) is 0 Å². The molecule has 5 nitrogen and oxygen atoms in total. The van der Waals surface area contributed by atoms with E-state index in [0.717, 1.165) is 0 Å². The lowest BCUT2D eigenvalue weighted by Gasteiger charge is -2.08. The average molecular weight is 304 g/mol. The van der Waals surface area contributed by atoms with Crippen LogP contribution in [0, 0.1) is 0 Å². The van der Waals surface area contributed by atoms with Crippen LogP contribution in [0.5, 0.6) is 11.5 Å². The summed E-state index contributed by atoms with van der Waals surface area (Å²) in [4.78, 5) is 4.57. The Hall–Kier alpha value is -2.40. The van der Waals surface area contributed by atoms with E-state index in [-0.39, 0.29) is 0 Å². The molecule has 2 heterocycles. The summed E-state index contributed by atoms with van der Waals surface area (Å²) < 4.78 is 12.4. The highest BCUT2D eigenvalue weighted by Crippen LogP contribution is 2.39. The second-order valence-corrected chi connectivity index (χ2v) is 4.84. The minimum Gasteiger partial charge on any atom is -0.496 e. The number of benzene rings is 1. The van der Waals surface area contributed by atoms with Gasteiger partial charge in [0, 0.05) is 6.20 Å². The molecule has 0 saturated carbocycles. The van der Waals surface area contributed by atoms with Crippen molar-refractivity contribution in [1.82, 2.24) is 9.38 Å². The lowest BCUT2D eigenvalue weighted by molar-refractivity contribution is 0.416. The van der Waals surface area contributed by atoms with Crippen LogP contribution in [0.2, 0.25) is 5.02 Å². The van der Waals surface area contributed by atoms with Gasteiger partial charge in [0.25, 0.3) is 0 Å². The number of rotatable bonds is 3. The number of ether oxygens (including phenoxy) is 2. The summed E-state index contributed by atoms with van der Waals surface area (Å²) in [5, 5.41) is 0.531. The van der Waals surface area contributed by atoms with Gasteiger partial charge < -0.3 is 15.2 Å². The highest BCUT2D eigenvalue weighted by Gasteiger charge is 2.19. The van der Waals surface area contributed by atoms with Gasteiger partial charge in [-0.3, -0.25) is 4.40 Å². The van der Waals surface area contributed by atoms with Gasteiger partial charge in [-0.05, 0) is 24.3 Å². The molecule has 1 aromatic carbocycles. The third kappa shape index (κ3) is 2.06. The lowest BCUT2D eigenvalue weighted by Crippen LogP contribution is -1.96. The van der Waals surface area contributed by atoms with Gasteiger partial charge in [-0.2, -0.15) is 0 Å². The molecular weight excluding hydrogens is 290 g/mol. The fraction of sp³-hybridized carbons (Fsp3) is 0.133. The predicted molar refractivity (Wildman–Crippen MR) is 83.2 cm³/mol. The van der Waals surface area contributed by atoms with E-state index in [1.165, 1.54) is 0 Å². The molecule has 21 heavy (non-hydrogen) atoms. The van der Waals surface area contributed by atoms with Crippen LogP contribution in [-0.4, -0.2) is 23.6 Å². The van der Waals surface area contributed by atoms with E-state index in [4.69, 9.17) is 26.8 Å². The smallest absolute Gasteiger partial charge is 0.181 e. The third-order valence-corrected chi connectivity index (χ3v) is 3.62. The van der Waals surface area contributed by atoms with Crippen LogP contribution in [-0.2, 0) is 0 Å². The molecule has 0 aliphatic heterocycles. The topological polar surface area (TPSA) is 61.8 Å². The number of hydrogen-bond acceptors (Lipinski definition) is 4. The standard InChI is InChI=1S/C15H14ClN3O2/c1-20-10-6-3-5-9(16)12(10)13-14(17)19-8-4-7-11(21-2)15(19)18-13/h3-8H,17H2,1-2H3. The van der Waals surface area contributed by atoms with Crippen molar-refractivity contribution in [1.29, 1.82) is 0 Å². The van der Waals surface area contributed by atoms with Crippen molar-refractivity contribution in [2.45, 2.75) is 0 Å². The van der Waals surface area contributed by atoms with Crippen molar-refractivity contribution in [3.8, 4) is 22.8 Å². The Balaban J connectivity index is 2.34. The Kier molecular flexibility index (Phi) is 3.35. The van der Waals surface area contributed by atoms with Crippen LogP contribution < -0.4 is 15.2 Å². The summed E-state index contributed by atoms with van der Waals surface area (Å²) in [5.74, 6) is 1.74. The van der Waals surface area contributed by atoms with Crippen molar-refractivity contribution in [2.24, 2.45) is 0 Å². The summed E-state index contributed by atoms with van der Waals surface area (Å²) in [6.07, 6.45) is 1.83. The summed E-state index contributed by atoms with van der Waals surface area (Å²) >= 11 is 6.30. The maximum Gasteiger partial charge on any atom is 0.181 e. The van der Waals surface area contributed by atoms with Gasteiger partial charge in [-0.15, -0.1) is 0 Å². The number of methoxy groups -OCH3 is 2. The van der Waals surface area contributed by atoms with Crippen LogP contribution in [0.4, 0.5) is 5.82 Å². The summed E-state index contributed by atoms with van der Waals surface area (Å²) in [7, 11) is 3.18. The fourth-order valence-corrected chi connectivity index (χ4v) is 2.56. The van der Waals surface area contributed by atoms with Crippen molar-refractivity contribution >= 4 is 23.1 Å². The fourth-order valence-electron chi connectivity index (χ4n) is 2.31. The van der Waals surface area contributed by atoms with Crippen LogP contribution in [0.3, 0.4) is 0 Å². The highest BCUT2D eigenvalue weighted by molar-refractivity contribution is 6.33. The number of anilines is 1. The van der Waals surface area contributed by atoms with Crippen molar-refractivity contribution in [3.05, 3.63) is 41.6 Å². The number of pyridine rings is 1. The number of nitrogen functional groups attached to an aromatic ring is 1. The van der Waals surface area contributed by atoms with E-state index in [9.17, 15) is 0 Å². The minimum absolute atomic E-state index is 0.482. The summed E-state index contributed by atoms with van der Waals surface area (Å²) in [6.45, 7) is 0. The molecule has 0 aliphatic carbocycles. The van der Waals surface area contributed by atoms with Crippen molar-refractivity contribution in [3.63, 3.8) is 0 Å². The quantitative estimate of drug-likeness (QED) is 0.807. The highest BCUT2D eigenvalue weighted by atomic mass is 35.5. The zero-order valence-electron chi connectivity index (χ0n) is 11.6. The number of aromatic nitrogens is 2. The molecule has 0 bridgehead atoms. The zero-order valence-corrected chi connectivity index (χ0v) is 12.4. The van der Waals surface area contributed by atoms with E-state index in [0.29, 0.717) is 39.2 Å². The number of imidazole rings is 1. The van der Waals surface area contributed by atoms with E-state index in [1.54, 1.807) is 24.7 Å². The second-order valence-electron chi connectivity index (χ2n) is 4.43. The number of nitrogens with zero attached hydrogens (tertiary/aromatic N) is 2. The van der Waals surface area contributed by atoms with Gasteiger partial charge in [0.1, 0.15) is 17.3 Å². The SMILES string of the molecule is COc1cccc(Cl)c1-c1nc2c(OC)cccn2c1N. The monoisotopic (exact) mass is 303 g/mol. The van der Waals surface area contributed by atoms with Crippen molar-refractivity contribution < 1.29 is 9.47 Å². The van der Waals surface area contributed by atoms with E-state index >= 15 is 0 Å². The molecule has 0 saturated heterocycles. The molecule has 0 atom stereocenters. The maximum atomic E-state index is 6.30. The van der Waals surface area contributed by atoms with Crippen LogP contribution >= 0.6 is 11.6 Å². The van der Waals surface area contributed by atoms with Gasteiger partial charge in [-0.25, -0.2) is 4.98 Å². The lowest BCUT2D eigenvalue weighted by atomic mass is 10.1. The molecule has 0 radical (unpaired) electrons. The molecule has 0 spiro atoms. The third-order valence-electron chi connectivity index (χ3n) is 3.30. The molecule has 108 valence electrons. The number of nitrogens with two attached hydrogens (primary N) is 1. The Labute approximate surface area is 126 Å². The van der Waals surface area contributed by atoms with Crippen LogP contribution in [0.25, 0.3) is 16.9 Å². The maximum absolute atomic E-state index is 6.30. The normalized spacial score (nSPS) is 10.8. The van der Waals surface area contributed by atoms with Gasteiger partial charge >= 0.3 is 0 Å². The molecular formula is C15H14ClN3O2. The molecule has 3 rings (SSSR count). The average Bonchev–Trinajstić information content (AvgIpc) is 2.84. The number of fused-ring (bicyclic) bond motifs is 1. The summed E-state index contributed by atoms with van der Waals surface area (Å²) in [5.41, 5.74) is 8.09. The first-order valence-electron chi connectivity index (χ1n) is 6.30. The first-order valence-corrected chi connectivity index (χ1v) is 6.68. The van der Waals surface area contributed by atoms with Crippen LogP contribution in [0.15, 0.2) is 36.5 Å². The predicted octanol–water partition coefficient (Wildman–Crippen LogP) is 3.25. The van der Waals surface area contributed by atoms with Crippen molar-refractivity contribution in [2.75, 3.05) is 20.0 Å². The molecule has 2 aromatic heterocycles. The van der Waals surface area contributed by atoms with E-state index in [1.807, 2.05) is 30.5 Å². The Morgan fingerprint density at radius 2 is 1.81 bits per heavy atom. The Morgan fingerprint density at radius 3 is 2.52 bits per heavy atom. The molecule has 6 heteroatoms. The van der Waals surface area contributed by atoms with Crippen LogP contribution in [0.1, 0.15) is 0 Å². The minimum atomic E-state index is 0.482. The molecule has 0 unspecified atom stereocenters. The van der Waals surface area contributed by atoms with Gasteiger partial charge in [0.15, 0.2) is 11.4 Å². The second kappa shape index (κ2) is 5.18. The Bertz CT molecular complexity index is 814. The van der Waals surface area contributed by atoms with Gasteiger partial charge in [0.05, 0.1) is 24.8 Å². The zero-order chi connectivity index (χ0) is 15.0. The van der Waals surface area contributed by atoms with Gasteiger partial charge in [-0.1, -0.05) is 17.7 Å². The van der Waals surface area contributed by atoms with E-state index in [2.05, 4.69) is 4.98 Å². The molecule has 0 amide bonds. The molecule has 0 fully saturated rings. The van der Waals surface area contributed by atoms with E-state index < -0.39 is 0 Å². The molecule has 3 aromatic rings.